The average Bonchev–Trinajstić information content (AvgIpc) is 3.35. The second kappa shape index (κ2) is 7.63. The average molecular weight is 287 g/mol. The fourth-order valence-electron chi connectivity index (χ4n) is 2.62. The third-order valence-corrected chi connectivity index (χ3v) is 4.09. The Morgan fingerprint density at radius 1 is 1.10 bits per heavy atom. The van der Waals surface area contributed by atoms with Gasteiger partial charge in [0.05, 0.1) is 0 Å². The van der Waals surface area contributed by atoms with E-state index in [1.54, 1.807) is 0 Å². The molecule has 1 amide bonds. The summed E-state index contributed by atoms with van der Waals surface area (Å²) in [6, 6.07) is 9.03. The van der Waals surface area contributed by atoms with Crippen LogP contribution in [-0.4, -0.2) is 22.9 Å². The predicted molar refractivity (Wildman–Crippen MR) is 88.6 cm³/mol. The number of aryl methyl sites for hydroxylation is 1. The maximum atomic E-state index is 12.4. The quantitative estimate of drug-likeness (QED) is 0.749. The van der Waals surface area contributed by atoms with Gasteiger partial charge in [0.25, 0.3) is 5.91 Å². The van der Waals surface area contributed by atoms with Gasteiger partial charge in [-0.3, -0.25) is 4.79 Å². The molecular formula is C19H29NO. The molecule has 0 aromatic heterocycles. The molecule has 0 spiro atoms. The Kier molecular flexibility index (Phi) is 5.84. The lowest BCUT2D eigenvalue weighted by atomic mass is 10.1. The van der Waals surface area contributed by atoms with Crippen molar-refractivity contribution in [3.63, 3.8) is 0 Å². The highest BCUT2D eigenvalue weighted by Gasteiger charge is 2.42. The summed E-state index contributed by atoms with van der Waals surface area (Å²) in [5.74, 6) is 0.244. The molecule has 2 aliphatic carbocycles. The van der Waals surface area contributed by atoms with Gasteiger partial charge < -0.3 is 4.90 Å². The number of unbranched alkanes of at least 4 members (excludes halogenated alkanes) is 2. The van der Waals surface area contributed by atoms with E-state index in [1.165, 1.54) is 44.9 Å². The van der Waals surface area contributed by atoms with E-state index in [1.807, 2.05) is 31.2 Å². The highest BCUT2D eigenvalue weighted by Crippen LogP contribution is 2.38. The van der Waals surface area contributed by atoms with Crippen molar-refractivity contribution in [3.05, 3.63) is 35.4 Å². The monoisotopic (exact) mass is 287 g/mol. The molecule has 2 saturated carbocycles. The van der Waals surface area contributed by atoms with Crippen LogP contribution in [-0.2, 0) is 0 Å². The van der Waals surface area contributed by atoms with Gasteiger partial charge in [-0.05, 0) is 44.7 Å². The molecule has 0 radical (unpaired) electrons. The van der Waals surface area contributed by atoms with Gasteiger partial charge in [0, 0.05) is 17.6 Å². The van der Waals surface area contributed by atoms with Crippen LogP contribution < -0.4 is 0 Å². The normalized spacial score (nSPS) is 16.9. The molecule has 0 unspecified atom stereocenters. The molecule has 2 heteroatoms. The lowest BCUT2D eigenvalue weighted by molar-refractivity contribution is 0.0730. The maximum Gasteiger partial charge on any atom is 0.254 e. The zero-order valence-corrected chi connectivity index (χ0v) is 13.8. The summed E-state index contributed by atoms with van der Waals surface area (Å²) in [5.41, 5.74) is 2.02. The van der Waals surface area contributed by atoms with E-state index in [0.29, 0.717) is 12.1 Å². The van der Waals surface area contributed by atoms with Crippen molar-refractivity contribution in [2.75, 3.05) is 0 Å². The number of nitrogens with zero attached hydrogens (tertiary/aromatic N) is 1. The highest BCUT2D eigenvalue weighted by molar-refractivity contribution is 5.95. The molecule has 116 valence electrons. The second-order valence-electron chi connectivity index (χ2n) is 6.40. The van der Waals surface area contributed by atoms with Crippen LogP contribution in [0.4, 0.5) is 0 Å². The third kappa shape index (κ3) is 4.87. The standard InChI is InChI=1S/C14H17NO.C5H12/c1-10-3-2-4-11(9-10)14(16)15(12-5-6-12)13-7-8-13;1-3-5-4-2/h2-4,9,12-13H,5-8H2,1H3;3-5H2,1-2H3. The van der Waals surface area contributed by atoms with E-state index >= 15 is 0 Å². The molecule has 1 aromatic rings. The maximum absolute atomic E-state index is 12.4. The van der Waals surface area contributed by atoms with Crippen LogP contribution in [0.1, 0.15) is 74.7 Å². The first-order valence-corrected chi connectivity index (χ1v) is 8.56. The Balaban J connectivity index is 0.000000282. The van der Waals surface area contributed by atoms with Crippen molar-refractivity contribution in [2.45, 2.75) is 77.8 Å². The van der Waals surface area contributed by atoms with Gasteiger partial charge in [0.2, 0.25) is 0 Å². The van der Waals surface area contributed by atoms with Crippen LogP contribution in [0.2, 0.25) is 0 Å². The molecule has 0 N–H and O–H groups in total. The van der Waals surface area contributed by atoms with Crippen LogP contribution in [0.3, 0.4) is 0 Å². The molecule has 2 aliphatic rings. The van der Waals surface area contributed by atoms with Gasteiger partial charge in [0.15, 0.2) is 0 Å². The Labute approximate surface area is 129 Å². The van der Waals surface area contributed by atoms with Gasteiger partial charge in [-0.1, -0.05) is 50.8 Å². The highest BCUT2D eigenvalue weighted by atomic mass is 16.2. The number of rotatable bonds is 5. The zero-order chi connectivity index (χ0) is 15.2. The van der Waals surface area contributed by atoms with Crippen molar-refractivity contribution in [1.29, 1.82) is 0 Å². The Hall–Kier alpha value is -1.31. The number of carbonyl (C=O) groups is 1. The first-order chi connectivity index (χ1) is 10.2. The van der Waals surface area contributed by atoms with Gasteiger partial charge in [-0.15, -0.1) is 0 Å². The van der Waals surface area contributed by atoms with E-state index in [-0.39, 0.29) is 5.91 Å². The van der Waals surface area contributed by atoms with Gasteiger partial charge in [0.1, 0.15) is 0 Å². The predicted octanol–water partition coefficient (Wildman–Crippen LogP) is 4.96. The molecule has 1 aromatic carbocycles. The van der Waals surface area contributed by atoms with Crippen LogP contribution in [0.5, 0.6) is 0 Å². The first-order valence-electron chi connectivity index (χ1n) is 8.56. The summed E-state index contributed by atoms with van der Waals surface area (Å²) in [6.07, 6.45) is 8.89. The summed E-state index contributed by atoms with van der Waals surface area (Å²) in [5, 5.41) is 0. The van der Waals surface area contributed by atoms with Crippen molar-refractivity contribution in [2.24, 2.45) is 0 Å². The van der Waals surface area contributed by atoms with E-state index in [2.05, 4.69) is 18.7 Å². The van der Waals surface area contributed by atoms with E-state index in [0.717, 1.165) is 11.1 Å². The molecular weight excluding hydrogens is 258 g/mol. The Morgan fingerprint density at radius 2 is 1.67 bits per heavy atom. The molecule has 0 saturated heterocycles. The summed E-state index contributed by atoms with van der Waals surface area (Å²) < 4.78 is 0. The first kappa shape index (κ1) is 16.1. The molecule has 21 heavy (non-hydrogen) atoms. The summed E-state index contributed by atoms with van der Waals surface area (Å²) in [6.45, 7) is 6.46. The molecule has 2 fully saturated rings. The molecule has 3 rings (SSSR count). The Bertz CT molecular complexity index is 446. The molecule has 0 aliphatic heterocycles. The third-order valence-electron chi connectivity index (χ3n) is 4.09. The van der Waals surface area contributed by atoms with Crippen LogP contribution in [0.25, 0.3) is 0 Å². The van der Waals surface area contributed by atoms with Crippen LogP contribution >= 0.6 is 0 Å². The Morgan fingerprint density at radius 3 is 2.05 bits per heavy atom. The topological polar surface area (TPSA) is 20.3 Å². The minimum atomic E-state index is 0.244. The zero-order valence-electron chi connectivity index (χ0n) is 13.8. The number of amides is 1. The van der Waals surface area contributed by atoms with Crippen molar-refractivity contribution < 1.29 is 4.79 Å². The molecule has 0 bridgehead atoms. The number of hydrogen-bond donors (Lipinski definition) is 0. The van der Waals surface area contributed by atoms with Gasteiger partial charge >= 0.3 is 0 Å². The molecule has 0 heterocycles. The fourth-order valence-corrected chi connectivity index (χ4v) is 2.62. The van der Waals surface area contributed by atoms with E-state index in [9.17, 15) is 4.79 Å². The summed E-state index contributed by atoms with van der Waals surface area (Å²) >= 11 is 0. The van der Waals surface area contributed by atoms with Gasteiger partial charge in [-0.2, -0.15) is 0 Å². The van der Waals surface area contributed by atoms with Gasteiger partial charge in [-0.25, -0.2) is 0 Å². The molecule has 2 nitrogen and oxygen atoms in total. The summed E-state index contributed by atoms with van der Waals surface area (Å²) in [7, 11) is 0. The molecule has 0 atom stereocenters. The van der Waals surface area contributed by atoms with Crippen molar-refractivity contribution in [1.82, 2.24) is 4.90 Å². The second-order valence-corrected chi connectivity index (χ2v) is 6.40. The van der Waals surface area contributed by atoms with E-state index in [4.69, 9.17) is 0 Å². The largest absolute Gasteiger partial charge is 0.333 e. The number of hydrogen-bond acceptors (Lipinski definition) is 1. The minimum absolute atomic E-state index is 0.244. The van der Waals surface area contributed by atoms with E-state index < -0.39 is 0 Å². The number of benzene rings is 1. The van der Waals surface area contributed by atoms with Crippen LogP contribution in [0, 0.1) is 6.92 Å². The fraction of sp³-hybridized carbons (Fsp3) is 0.632. The summed E-state index contributed by atoms with van der Waals surface area (Å²) in [4.78, 5) is 14.5. The number of carbonyl (C=O) groups excluding carboxylic acids is 1. The SMILES string of the molecule is CCCCC.Cc1cccc(C(=O)N(C2CC2)C2CC2)c1. The lowest BCUT2D eigenvalue weighted by Crippen LogP contribution is -2.35. The van der Waals surface area contributed by atoms with Crippen molar-refractivity contribution in [3.8, 4) is 0 Å². The smallest absolute Gasteiger partial charge is 0.254 e. The lowest BCUT2D eigenvalue weighted by Gasteiger charge is -2.22. The van der Waals surface area contributed by atoms with Crippen molar-refractivity contribution >= 4 is 5.91 Å². The van der Waals surface area contributed by atoms with Crippen LogP contribution in [0.15, 0.2) is 24.3 Å². The minimum Gasteiger partial charge on any atom is -0.333 e.